The molecule has 0 bridgehead atoms. The predicted molar refractivity (Wildman–Crippen MR) is 78.3 cm³/mol. The maximum Gasteiger partial charge on any atom is 0.164 e. The number of benzene rings is 1. The lowest BCUT2D eigenvalue weighted by atomic mass is 10.2. The van der Waals surface area contributed by atoms with Gasteiger partial charge in [0.25, 0.3) is 0 Å². The van der Waals surface area contributed by atoms with Crippen LogP contribution in [-0.4, -0.2) is 14.8 Å². The van der Waals surface area contributed by atoms with Gasteiger partial charge in [0.05, 0.1) is 5.02 Å². The molecule has 0 N–H and O–H groups in total. The summed E-state index contributed by atoms with van der Waals surface area (Å²) in [5.41, 5.74) is 0. The van der Waals surface area contributed by atoms with Gasteiger partial charge in [0, 0.05) is 11.0 Å². The number of aromatic nitrogens is 3. The molecule has 1 aromatic carbocycles. The summed E-state index contributed by atoms with van der Waals surface area (Å²) in [7, 11) is 0. The molecular formula is C13H15BrClN3O. The van der Waals surface area contributed by atoms with E-state index in [2.05, 4.69) is 39.9 Å². The van der Waals surface area contributed by atoms with Crippen molar-refractivity contribution >= 4 is 27.5 Å². The van der Waals surface area contributed by atoms with Crippen LogP contribution in [0.1, 0.15) is 19.7 Å². The normalized spacial score (nSPS) is 11.0. The number of rotatable bonds is 5. The molecule has 2 aromatic rings. The predicted octanol–water partition coefficient (Wildman–Crippen LogP) is 3.93. The molecule has 0 saturated carbocycles. The van der Waals surface area contributed by atoms with Crippen molar-refractivity contribution in [2.45, 2.75) is 27.0 Å². The van der Waals surface area contributed by atoms with Crippen molar-refractivity contribution in [1.82, 2.24) is 14.8 Å². The van der Waals surface area contributed by atoms with Gasteiger partial charge in [-0.3, -0.25) is 0 Å². The van der Waals surface area contributed by atoms with E-state index in [4.69, 9.17) is 16.3 Å². The molecule has 4 nitrogen and oxygen atoms in total. The van der Waals surface area contributed by atoms with Crippen LogP contribution in [0, 0.1) is 5.92 Å². The van der Waals surface area contributed by atoms with Crippen molar-refractivity contribution in [2.24, 2.45) is 5.92 Å². The van der Waals surface area contributed by atoms with E-state index in [1.165, 1.54) is 0 Å². The van der Waals surface area contributed by atoms with E-state index < -0.39 is 0 Å². The molecule has 0 atom stereocenters. The first-order chi connectivity index (χ1) is 9.06. The van der Waals surface area contributed by atoms with Crippen molar-refractivity contribution in [3.63, 3.8) is 0 Å². The number of halogens is 2. The minimum Gasteiger partial charge on any atom is -0.484 e. The molecule has 1 aromatic heterocycles. The summed E-state index contributed by atoms with van der Waals surface area (Å²) in [6, 6.07) is 5.50. The van der Waals surface area contributed by atoms with Crippen LogP contribution in [0.15, 0.2) is 29.0 Å². The maximum atomic E-state index is 6.07. The molecule has 0 aliphatic carbocycles. The molecule has 0 aliphatic heterocycles. The summed E-state index contributed by atoms with van der Waals surface area (Å²) in [5, 5.41) is 4.77. The van der Waals surface area contributed by atoms with Crippen LogP contribution in [0.25, 0.3) is 0 Å². The van der Waals surface area contributed by atoms with Gasteiger partial charge >= 0.3 is 0 Å². The smallest absolute Gasteiger partial charge is 0.164 e. The molecule has 6 heteroatoms. The minimum absolute atomic E-state index is 0.350. The highest BCUT2D eigenvalue weighted by atomic mass is 79.9. The fourth-order valence-corrected chi connectivity index (χ4v) is 2.14. The van der Waals surface area contributed by atoms with Crippen molar-refractivity contribution in [2.75, 3.05) is 0 Å². The first-order valence-corrected chi connectivity index (χ1v) is 7.18. The van der Waals surface area contributed by atoms with Crippen LogP contribution < -0.4 is 4.74 Å². The SMILES string of the molecule is CC(C)Cn1ncnc1COc1cc(Br)ccc1Cl. The third kappa shape index (κ3) is 3.94. The average molecular weight is 345 g/mol. The first-order valence-electron chi connectivity index (χ1n) is 6.01. The fraction of sp³-hybridized carbons (Fsp3) is 0.385. The van der Waals surface area contributed by atoms with Gasteiger partial charge in [-0.05, 0) is 24.1 Å². The van der Waals surface area contributed by atoms with E-state index in [0.717, 1.165) is 16.8 Å². The van der Waals surface area contributed by atoms with E-state index in [1.54, 1.807) is 12.4 Å². The Kier molecular flexibility index (Phi) is 4.82. The zero-order valence-corrected chi connectivity index (χ0v) is 13.1. The van der Waals surface area contributed by atoms with Gasteiger partial charge < -0.3 is 4.74 Å². The maximum absolute atomic E-state index is 6.07. The molecule has 1 heterocycles. The van der Waals surface area contributed by atoms with Gasteiger partial charge in [-0.25, -0.2) is 9.67 Å². The Morgan fingerprint density at radius 3 is 2.95 bits per heavy atom. The molecule has 0 fully saturated rings. The van der Waals surface area contributed by atoms with Gasteiger partial charge in [0.1, 0.15) is 18.7 Å². The second kappa shape index (κ2) is 6.39. The summed E-state index contributed by atoms with van der Waals surface area (Å²) in [5.74, 6) is 1.94. The molecular weight excluding hydrogens is 330 g/mol. The van der Waals surface area contributed by atoms with Gasteiger partial charge in [-0.2, -0.15) is 5.10 Å². The molecule has 0 spiro atoms. The topological polar surface area (TPSA) is 39.9 Å². The van der Waals surface area contributed by atoms with Crippen molar-refractivity contribution in [3.05, 3.63) is 39.8 Å². The molecule has 0 unspecified atom stereocenters. The molecule has 0 amide bonds. The van der Waals surface area contributed by atoms with Crippen LogP contribution in [0.5, 0.6) is 5.75 Å². The highest BCUT2D eigenvalue weighted by molar-refractivity contribution is 9.10. The molecule has 2 rings (SSSR count). The summed E-state index contributed by atoms with van der Waals surface area (Å²) in [6.07, 6.45) is 1.55. The van der Waals surface area contributed by atoms with Crippen LogP contribution in [0.4, 0.5) is 0 Å². The lowest BCUT2D eigenvalue weighted by molar-refractivity contribution is 0.282. The summed E-state index contributed by atoms with van der Waals surface area (Å²) in [4.78, 5) is 4.21. The van der Waals surface area contributed by atoms with Gasteiger partial charge in [0.2, 0.25) is 0 Å². The molecule has 102 valence electrons. The number of ether oxygens (including phenoxy) is 1. The summed E-state index contributed by atoms with van der Waals surface area (Å²) >= 11 is 9.46. The third-order valence-electron chi connectivity index (χ3n) is 2.48. The van der Waals surface area contributed by atoms with Crippen LogP contribution in [-0.2, 0) is 13.2 Å². The Morgan fingerprint density at radius 2 is 2.21 bits per heavy atom. The molecule has 0 saturated heterocycles. The highest BCUT2D eigenvalue weighted by Crippen LogP contribution is 2.28. The monoisotopic (exact) mass is 343 g/mol. The van der Waals surface area contributed by atoms with Gasteiger partial charge in [-0.15, -0.1) is 0 Å². The zero-order chi connectivity index (χ0) is 13.8. The second-order valence-electron chi connectivity index (χ2n) is 4.62. The van der Waals surface area contributed by atoms with Gasteiger partial charge in [-0.1, -0.05) is 41.4 Å². The lowest BCUT2D eigenvalue weighted by Gasteiger charge is -2.10. The summed E-state index contributed by atoms with van der Waals surface area (Å²) < 4.78 is 8.48. The lowest BCUT2D eigenvalue weighted by Crippen LogP contribution is -2.12. The number of hydrogen-bond acceptors (Lipinski definition) is 3. The second-order valence-corrected chi connectivity index (χ2v) is 5.94. The minimum atomic E-state index is 0.350. The highest BCUT2D eigenvalue weighted by Gasteiger charge is 2.08. The van der Waals surface area contributed by atoms with Gasteiger partial charge in [0.15, 0.2) is 5.82 Å². The van der Waals surface area contributed by atoms with Crippen molar-refractivity contribution < 1.29 is 4.74 Å². The van der Waals surface area contributed by atoms with Crippen LogP contribution in [0.3, 0.4) is 0 Å². The zero-order valence-electron chi connectivity index (χ0n) is 10.8. The van der Waals surface area contributed by atoms with E-state index in [0.29, 0.717) is 23.3 Å². The van der Waals surface area contributed by atoms with E-state index in [9.17, 15) is 0 Å². The third-order valence-corrected chi connectivity index (χ3v) is 3.29. The first kappa shape index (κ1) is 14.3. The molecule has 0 radical (unpaired) electrons. The van der Waals surface area contributed by atoms with E-state index in [1.807, 2.05) is 16.8 Å². The molecule has 0 aliphatic rings. The largest absolute Gasteiger partial charge is 0.484 e. The Bertz CT molecular complexity index is 557. The Balaban J connectivity index is 2.06. The number of hydrogen-bond donors (Lipinski definition) is 0. The number of nitrogens with zero attached hydrogens (tertiary/aromatic N) is 3. The Labute approximate surface area is 125 Å². The molecule has 19 heavy (non-hydrogen) atoms. The van der Waals surface area contributed by atoms with Crippen LogP contribution in [0.2, 0.25) is 5.02 Å². The van der Waals surface area contributed by atoms with Crippen molar-refractivity contribution in [1.29, 1.82) is 0 Å². The Hall–Kier alpha value is -1.07. The quantitative estimate of drug-likeness (QED) is 0.825. The van der Waals surface area contributed by atoms with Crippen LogP contribution >= 0.6 is 27.5 Å². The Morgan fingerprint density at radius 1 is 1.42 bits per heavy atom. The van der Waals surface area contributed by atoms with E-state index >= 15 is 0 Å². The van der Waals surface area contributed by atoms with Crippen molar-refractivity contribution in [3.8, 4) is 5.75 Å². The summed E-state index contributed by atoms with van der Waals surface area (Å²) in [6.45, 7) is 5.45. The average Bonchev–Trinajstić information content (AvgIpc) is 2.77. The fourth-order valence-electron chi connectivity index (χ4n) is 1.63. The standard InChI is InChI=1S/C13H15BrClN3O/c1-9(2)6-18-13(16-8-17-18)7-19-12-5-10(14)3-4-11(12)15/h3-5,8-9H,6-7H2,1-2H3. The van der Waals surface area contributed by atoms with E-state index in [-0.39, 0.29) is 0 Å².